The van der Waals surface area contributed by atoms with E-state index in [1.54, 1.807) is 19.1 Å². The van der Waals surface area contributed by atoms with E-state index in [9.17, 15) is 14.0 Å². The number of ether oxygens (including phenoxy) is 1. The summed E-state index contributed by atoms with van der Waals surface area (Å²) in [6.07, 6.45) is 8.38. The molecule has 7 heteroatoms. The van der Waals surface area contributed by atoms with E-state index >= 15 is 0 Å². The van der Waals surface area contributed by atoms with Crippen molar-refractivity contribution in [3.05, 3.63) is 103 Å². The molecule has 0 saturated heterocycles. The Labute approximate surface area is 246 Å². The molecule has 0 atom stereocenters. The lowest BCUT2D eigenvalue weighted by Crippen LogP contribution is -2.24. The van der Waals surface area contributed by atoms with Crippen LogP contribution in [0.1, 0.15) is 72.3 Å². The Morgan fingerprint density at radius 3 is 2.24 bits per heavy atom. The van der Waals surface area contributed by atoms with Crippen LogP contribution in [0.3, 0.4) is 0 Å². The van der Waals surface area contributed by atoms with Crippen molar-refractivity contribution < 1.29 is 18.7 Å². The van der Waals surface area contributed by atoms with E-state index in [1.165, 1.54) is 19.3 Å². The first-order valence-electron chi connectivity index (χ1n) is 13.7. The van der Waals surface area contributed by atoms with Crippen molar-refractivity contribution in [2.75, 3.05) is 12.4 Å². The second-order valence-electron chi connectivity index (χ2n) is 10.1. The summed E-state index contributed by atoms with van der Waals surface area (Å²) in [5.41, 5.74) is 3.12. The van der Waals surface area contributed by atoms with Gasteiger partial charge in [0.2, 0.25) is 5.91 Å². The third-order valence-corrected chi connectivity index (χ3v) is 5.28. The standard InChI is InChI=1S/C25H33N3O3.C7H9F.C2H6/c1-8-10-19(13-17(3)31-7)27-24(30)22-15-18-14-20(11-12-21(18)28(22)9-2)26-23(29)16-25(4,5)6;1-4-5-7(8)6(2)3;1-2/h8,10-15H,3,9,16H2,1-2,4-7H3,(H,26,29)(H,27,30);4-5H,1-2H2,3H3;1-2H3/b10-8-,19-13+;7-5+;. The molecule has 2 aromatic rings. The number of rotatable bonds is 10. The topological polar surface area (TPSA) is 72.4 Å². The van der Waals surface area contributed by atoms with Crippen LogP contribution in [0.4, 0.5) is 10.1 Å². The summed E-state index contributed by atoms with van der Waals surface area (Å²) in [6.45, 7) is 26.7. The summed E-state index contributed by atoms with van der Waals surface area (Å²) < 4.78 is 19.3. The van der Waals surface area contributed by atoms with Crippen molar-refractivity contribution in [1.29, 1.82) is 0 Å². The van der Waals surface area contributed by atoms with Crippen LogP contribution in [0.2, 0.25) is 0 Å². The second-order valence-corrected chi connectivity index (χ2v) is 10.1. The number of benzene rings is 1. The number of fused-ring (bicyclic) bond motifs is 1. The first-order chi connectivity index (χ1) is 19.3. The Morgan fingerprint density at radius 2 is 1.78 bits per heavy atom. The number of aryl methyl sites for hydroxylation is 1. The number of allylic oxidation sites excluding steroid dienone is 7. The van der Waals surface area contributed by atoms with E-state index in [4.69, 9.17) is 4.74 Å². The summed E-state index contributed by atoms with van der Waals surface area (Å²) in [5.74, 6) is -0.121. The highest BCUT2D eigenvalue weighted by molar-refractivity contribution is 6.01. The highest BCUT2D eigenvalue weighted by atomic mass is 19.1. The van der Waals surface area contributed by atoms with Crippen LogP contribution in [0.5, 0.6) is 0 Å². The SMILES string of the molecule is C=C(/C=C(\C=C/C)NC(=O)c1cc2cc(NC(=O)CC(C)(C)C)ccc2n1CC)OC.C=C/C=C(/F)C(=C)C.CC. The lowest BCUT2D eigenvalue weighted by atomic mass is 9.92. The van der Waals surface area contributed by atoms with Gasteiger partial charge >= 0.3 is 0 Å². The molecule has 1 aromatic heterocycles. The number of hydrogen-bond donors (Lipinski definition) is 2. The number of nitrogens with zero attached hydrogens (tertiary/aromatic N) is 1. The van der Waals surface area contributed by atoms with E-state index < -0.39 is 0 Å². The number of amides is 2. The minimum Gasteiger partial charge on any atom is -0.497 e. The van der Waals surface area contributed by atoms with Crippen molar-refractivity contribution in [1.82, 2.24) is 9.88 Å². The number of carbonyl (C=O) groups is 2. The highest BCUT2D eigenvalue weighted by Gasteiger charge is 2.18. The van der Waals surface area contributed by atoms with Gasteiger partial charge in [-0.1, -0.05) is 66.5 Å². The number of aromatic nitrogens is 1. The van der Waals surface area contributed by atoms with Crippen LogP contribution in [0.25, 0.3) is 10.9 Å². The van der Waals surface area contributed by atoms with Gasteiger partial charge < -0.3 is 19.9 Å². The third-order valence-electron chi connectivity index (χ3n) is 5.28. The van der Waals surface area contributed by atoms with Crippen LogP contribution in [-0.4, -0.2) is 23.5 Å². The maximum Gasteiger partial charge on any atom is 0.272 e. The maximum absolute atomic E-state index is 13.0. The van der Waals surface area contributed by atoms with Gasteiger partial charge in [0, 0.05) is 41.3 Å². The van der Waals surface area contributed by atoms with Gasteiger partial charge in [0.15, 0.2) is 0 Å². The second kappa shape index (κ2) is 18.3. The van der Waals surface area contributed by atoms with Gasteiger partial charge in [0.05, 0.1) is 7.11 Å². The van der Waals surface area contributed by atoms with Gasteiger partial charge in [0.25, 0.3) is 5.91 Å². The van der Waals surface area contributed by atoms with Crippen molar-refractivity contribution in [2.45, 2.75) is 68.4 Å². The number of methoxy groups -OCH3 is 1. The predicted molar refractivity (Wildman–Crippen MR) is 172 cm³/mol. The summed E-state index contributed by atoms with van der Waals surface area (Å²) in [5, 5.41) is 6.75. The molecule has 0 aliphatic carbocycles. The summed E-state index contributed by atoms with van der Waals surface area (Å²) in [4.78, 5) is 25.3. The third kappa shape index (κ3) is 13.2. The van der Waals surface area contributed by atoms with E-state index in [2.05, 4.69) is 30.4 Å². The molecule has 2 rings (SSSR count). The van der Waals surface area contributed by atoms with Crippen molar-refractivity contribution in [3.63, 3.8) is 0 Å². The minimum absolute atomic E-state index is 0.0285. The number of hydrogen-bond acceptors (Lipinski definition) is 3. The molecule has 0 radical (unpaired) electrons. The molecule has 6 nitrogen and oxygen atoms in total. The first kappa shape index (κ1) is 36.9. The summed E-state index contributed by atoms with van der Waals surface area (Å²) in [6, 6.07) is 7.53. The molecular weight excluding hydrogens is 517 g/mol. The first-order valence-corrected chi connectivity index (χ1v) is 13.7. The van der Waals surface area contributed by atoms with E-state index in [-0.39, 0.29) is 23.1 Å². The predicted octanol–water partition coefficient (Wildman–Crippen LogP) is 9.01. The Hall–Kier alpha value is -4.13. The Kier molecular flexibility index (Phi) is 16.4. The molecule has 0 unspecified atom stereocenters. The van der Waals surface area contributed by atoms with Crippen molar-refractivity contribution >= 4 is 28.4 Å². The highest BCUT2D eigenvalue weighted by Crippen LogP contribution is 2.25. The van der Waals surface area contributed by atoms with Gasteiger partial charge in [-0.25, -0.2) is 4.39 Å². The minimum atomic E-state index is -0.306. The Bertz CT molecular complexity index is 1300. The summed E-state index contributed by atoms with van der Waals surface area (Å²) >= 11 is 0. The Balaban J connectivity index is 0.00000138. The molecule has 2 amide bonds. The van der Waals surface area contributed by atoms with Gasteiger partial charge in [-0.05, 0) is 68.2 Å². The van der Waals surface area contributed by atoms with Crippen molar-refractivity contribution in [2.24, 2.45) is 5.41 Å². The van der Waals surface area contributed by atoms with E-state index in [0.29, 0.717) is 41.4 Å². The van der Waals surface area contributed by atoms with E-state index in [1.807, 2.05) is 83.4 Å². The average Bonchev–Trinajstić information content (AvgIpc) is 3.27. The zero-order chi connectivity index (χ0) is 31.8. The van der Waals surface area contributed by atoms with E-state index in [0.717, 1.165) is 10.9 Å². The molecule has 1 heterocycles. The molecule has 224 valence electrons. The Morgan fingerprint density at radius 1 is 1.15 bits per heavy atom. The molecule has 1 aromatic carbocycles. The zero-order valence-corrected chi connectivity index (χ0v) is 26.3. The monoisotopic (exact) mass is 565 g/mol. The molecule has 0 bridgehead atoms. The lowest BCUT2D eigenvalue weighted by Gasteiger charge is -2.17. The van der Waals surface area contributed by atoms with Crippen LogP contribution in [0, 0.1) is 5.41 Å². The fourth-order valence-corrected chi connectivity index (χ4v) is 3.54. The van der Waals surface area contributed by atoms with Crippen LogP contribution in [-0.2, 0) is 16.1 Å². The van der Waals surface area contributed by atoms with Gasteiger partial charge in [-0.3, -0.25) is 9.59 Å². The molecule has 0 aliphatic rings. The fraction of sp³-hybridized carbons (Fsp3) is 0.353. The largest absolute Gasteiger partial charge is 0.497 e. The zero-order valence-electron chi connectivity index (χ0n) is 26.3. The fourth-order valence-electron chi connectivity index (χ4n) is 3.54. The van der Waals surface area contributed by atoms with Gasteiger partial charge in [0.1, 0.15) is 17.3 Å². The number of nitrogens with one attached hydrogen (secondary N) is 2. The average molecular weight is 566 g/mol. The lowest BCUT2D eigenvalue weighted by molar-refractivity contribution is -0.117. The van der Waals surface area contributed by atoms with Gasteiger partial charge in [-0.2, -0.15) is 0 Å². The van der Waals surface area contributed by atoms with Gasteiger partial charge in [-0.15, -0.1) is 0 Å². The molecule has 0 saturated carbocycles. The maximum atomic E-state index is 13.0. The van der Waals surface area contributed by atoms with Crippen molar-refractivity contribution in [3.8, 4) is 0 Å². The molecule has 2 N–H and O–H groups in total. The molecule has 0 spiro atoms. The van der Waals surface area contributed by atoms with Crippen LogP contribution >= 0.6 is 0 Å². The molecule has 0 fully saturated rings. The molecule has 0 aliphatic heterocycles. The number of anilines is 1. The smallest absolute Gasteiger partial charge is 0.272 e. The quantitative estimate of drug-likeness (QED) is 0.223. The van der Waals surface area contributed by atoms with Crippen LogP contribution < -0.4 is 10.6 Å². The summed E-state index contributed by atoms with van der Waals surface area (Å²) in [7, 11) is 1.53. The normalized spacial score (nSPS) is 11.6. The molecular formula is C34H48FN3O3. The molecule has 41 heavy (non-hydrogen) atoms. The van der Waals surface area contributed by atoms with Crippen LogP contribution in [0.15, 0.2) is 97.2 Å². The number of carbonyl (C=O) groups excluding carboxylic acids is 2. The number of halogens is 1.